The molecule has 1 aromatic carbocycles. The van der Waals surface area contributed by atoms with Gasteiger partial charge in [-0.15, -0.1) is 0 Å². The van der Waals surface area contributed by atoms with Gasteiger partial charge in [0.2, 0.25) is 5.91 Å². The summed E-state index contributed by atoms with van der Waals surface area (Å²) in [6, 6.07) is 13.2. The molecule has 0 radical (unpaired) electrons. The summed E-state index contributed by atoms with van der Waals surface area (Å²) in [6.45, 7) is 2.49. The van der Waals surface area contributed by atoms with Crippen molar-refractivity contribution in [3.63, 3.8) is 0 Å². The van der Waals surface area contributed by atoms with Crippen molar-refractivity contribution in [3.8, 4) is 0 Å². The number of nitrogens with zero attached hydrogens (tertiary/aromatic N) is 1. The molecule has 2 rings (SSSR count). The second-order valence-electron chi connectivity index (χ2n) is 4.98. The Kier molecular flexibility index (Phi) is 5.46. The Balaban J connectivity index is 1.89. The Hall–Kier alpha value is -2.20. The summed E-state index contributed by atoms with van der Waals surface area (Å²) in [5.41, 5.74) is 9.06. The van der Waals surface area contributed by atoms with Crippen molar-refractivity contribution >= 4 is 5.91 Å². The largest absolute Gasteiger partial charge is 0.349 e. The molecule has 0 spiro atoms. The molecule has 0 fully saturated rings. The minimum atomic E-state index is -0.541. The lowest BCUT2D eigenvalue weighted by Crippen LogP contribution is -2.41. The van der Waals surface area contributed by atoms with E-state index in [0.717, 1.165) is 23.2 Å². The van der Waals surface area contributed by atoms with Gasteiger partial charge >= 0.3 is 0 Å². The molecule has 0 aliphatic heterocycles. The van der Waals surface area contributed by atoms with Crippen LogP contribution in [-0.4, -0.2) is 16.9 Å². The third-order valence-corrected chi connectivity index (χ3v) is 3.43. The molecule has 21 heavy (non-hydrogen) atoms. The summed E-state index contributed by atoms with van der Waals surface area (Å²) in [5, 5.41) is 2.87. The molecule has 0 aliphatic rings. The molecule has 3 N–H and O–H groups in total. The maximum absolute atomic E-state index is 12.1. The van der Waals surface area contributed by atoms with E-state index in [1.165, 1.54) is 0 Å². The molecule has 110 valence electrons. The fourth-order valence-corrected chi connectivity index (χ4v) is 2.22. The Morgan fingerprint density at radius 2 is 2.00 bits per heavy atom. The van der Waals surface area contributed by atoms with Gasteiger partial charge in [-0.3, -0.25) is 9.78 Å². The molecule has 0 bridgehead atoms. The molecule has 1 amide bonds. The van der Waals surface area contributed by atoms with Gasteiger partial charge in [0.05, 0.1) is 18.3 Å². The molecule has 0 saturated carbocycles. The minimum absolute atomic E-state index is 0.147. The molecule has 1 aromatic heterocycles. The smallest absolute Gasteiger partial charge is 0.237 e. The molecule has 1 heterocycles. The Morgan fingerprint density at radius 3 is 2.71 bits per heavy atom. The number of carbonyl (C=O) groups excluding carboxylic acids is 1. The summed E-state index contributed by atoms with van der Waals surface area (Å²) in [6.07, 6.45) is 3.18. The molecule has 4 nitrogen and oxygen atoms in total. The van der Waals surface area contributed by atoms with E-state index in [1.807, 2.05) is 42.5 Å². The quantitative estimate of drug-likeness (QED) is 0.850. The standard InChI is InChI=1S/C17H21N3O/c1-2-14-9-6-10-19-16(14)12-20-17(21)15(18)11-13-7-4-3-5-8-13/h3-10,15H,2,11-12,18H2,1H3,(H,20,21)/t15-/m0/s1. The van der Waals surface area contributed by atoms with Gasteiger partial charge in [-0.2, -0.15) is 0 Å². The number of carbonyl (C=O) groups is 1. The zero-order valence-corrected chi connectivity index (χ0v) is 12.3. The van der Waals surface area contributed by atoms with E-state index < -0.39 is 6.04 Å². The van der Waals surface area contributed by atoms with E-state index in [4.69, 9.17) is 5.73 Å². The number of aryl methyl sites for hydroxylation is 1. The lowest BCUT2D eigenvalue weighted by atomic mass is 10.1. The van der Waals surface area contributed by atoms with Crippen molar-refractivity contribution in [1.29, 1.82) is 0 Å². The number of nitrogens with one attached hydrogen (secondary N) is 1. The van der Waals surface area contributed by atoms with E-state index in [9.17, 15) is 4.79 Å². The number of aromatic nitrogens is 1. The topological polar surface area (TPSA) is 68.0 Å². The summed E-state index contributed by atoms with van der Waals surface area (Å²) < 4.78 is 0. The molecule has 0 saturated heterocycles. The van der Waals surface area contributed by atoms with Crippen LogP contribution in [0.1, 0.15) is 23.7 Å². The SMILES string of the molecule is CCc1cccnc1CNC(=O)[C@@H](N)Cc1ccccc1. The van der Waals surface area contributed by atoms with E-state index in [1.54, 1.807) is 6.20 Å². The van der Waals surface area contributed by atoms with E-state index in [2.05, 4.69) is 17.2 Å². The molecule has 4 heteroatoms. The first kappa shape index (κ1) is 15.2. The van der Waals surface area contributed by atoms with Crippen LogP contribution in [0.25, 0.3) is 0 Å². The van der Waals surface area contributed by atoms with Crippen LogP contribution < -0.4 is 11.1 Å². The maximum Gasteiger partial charge on any atom is 0.237 e. The number of hydrogen-bond donors (Lipinski definition) is 2. The summed E-state index contributed by atoms with van der Waals surface area (Å²) >= 11 is 0. The number of pyridine rings is 1. The average molecular weight is 283 g/mol. The van der Waals surface area contributed by atoms with Gasteiger partial charge in [0.25, 0.3) is 0 Å². The van der Waals surface area contributed by atoms with Crippen LogP contribution in [0.5, 0.6) is 0 Å². The highest BCUT2D eigenvalue weighted by molar-refractivity contribution is 5.81. The highest BCUT2D eigenvalue weighted by Gasteiger charge is 2.14. The third-order valence-electron chi connectivity index (χ3n) is 3.43. The number of rotatable bonds is 6. The van der Waals surface area contributed by atoms with E-state index in [0.29, 0.717) is 13.0 Å². The van der Waals surface area contributed by atoms with Crippen LogP contribution in [0.15, 0.2) is 48.7 Å². The first-order chi connectivity index (χ1) is 10.2. The summed E-state index contributed by atoms with van der Waals surface area (Å²) in [7, 11) is 0. The Labute approximate surface area is 125 Å². The third kappa shape index (κ3) is 4.39. The first-order valence-corrected chi connectivity index (χ1v) is 7.20. The van der Waals surface area contributed by atoms with Crippen LogP contribution >= 0.6 is 0 Å². The van der Waals surface area contributed by atoms with Crippen molar-refractivity contribution in [2.45, 2.75) is 32.4 Å². The molecular weight excluding hydrogens is 262 g/mol. The minimum Gasteiger partial charge on any atom is -0.349 e. The predicted octanol–water partition coefficient (Wildman–Crippen LogP) is 1.83. The zero-order valence-electron chi connectivity index (χ0n) is 12.3. The van der Waals surface area contributed by atoms with Crippen LogP contribution in [0.3, 0.4) is 0 Å². The summed E-state index contributed by atoms with van der Waals surface area (Å²) in [5.74, 6) is -0.147. The second kappa shape index (κ2) is 7.55. The molecule has 0 unspecified atom stereocenters. The fourth-order valence-electron chi connectivity index (χ4n) is 2.22. The van der Waals surface area contributed by atoms with Crippen molar-refractivity contribution in [2.24, 2.45) is 5.73 Å². The number of amides is 1. The highest BCUT2D eigenvalue weighted by Crippen LogP contribution is 2.06. The Morgan fingerprint density at radius 1 is 1.24 bits per heavy atom. The van der Waals surface area contributed by atoms with Crippen LogP contribution in [0.4, 0.5) is 0 Å². The van der Waals surface area contributed by atoms with Crippen LogP contribution in [0.2, 0.25) is 0 Å². The van der Waals surface area contributed by atoms with E-state index >= 15 is 0 Å². The van der Waals surface area contributed by atoms with Crippen molar-refractivity contribution in [3.05, 3.63) is 65.5 Å². The van der Waals surface area contributed by atoms with Crippen LogP contribution in [-0.2, 0) is 24.2 Å². The van der Waals surface area contributed by atoms with Gasteiger partial charge in [0.15, 0.2) is 0 Å². The highest BCUT2D eigenvalue weighted by atomic mass is 16.2. The number of nitrogens with two attached hydrogens (primary N) is 1. The first-order valence-electron chi connectivity index (χ1n) is 7.20. The fraction of sp³-hybridized carbons (Fsp3) is 0.294. The van der Waals surface area contributed by atoms with Gasteiger partial charge in [-0.05, 0) is 30.0 Å². The summed E-state index contributed by atoms with van der Waals surface area (Å²) in [4.78, 5) is 16.4. The Bertz CT molecular complexity index is 584. The van der Waals surface area contributed by atoms with Crippen molar-refractivity contribution < 1.29 is 4.79 Å². The van der Waals surface area contributed by atoms with Crippen molar-refractivity contribution in [1.82, 2.24) is 10.3 Å². The van der Waals surface area contributed by atoms with Gasteiger partial charge in [0.1, 0.15) is 0 Å². The molecule has 0 aliphatic carbocycles. The van der Waals surface area contributed by atoms with Gasteiger partial charge in [0, 0.05) is 6.20 Å². The van der Waals surface area contributed by atoms with Crippen molar-refractivity contribution in [2.75, 3.05) is 0 Å². The molecular formula is C17H21N3O. The number of benzene rings is 1. The lowest BCUT2D eigenvalue weighted by molar-refractivity contribution is -0.122. The van der Waals surface area contributed by atoms with Crippen LogP contribution in [0, 0.1) is 0 Å². The second-order valence-corrected chi connectivity index (χ2v) is 4.98. The number of hydrogen-bond acceptors (Lipinski definition) is 3. The van der Waals surface area contributed by atoms with Gasteiger partial charge in [-0.1, -0.05) is 43.3 Å². The van der Waals surface area contributed by atoms with Gasteiger partial charge < -0.3 is 11.1 Å². The molecule has 2 aromatic rings. The van der Waals surface area contributed by atoms with E-state index in [-0.39, 0.29) is 5.91 Å². The predicted molar refractivity (Wildman–Crippen MR) is 83.6 cm³/mol. The average Bonchev–Trinajstić information content (AvgIpc) is 2.53. The maximum atomic E-state index is 12.1. The monoisotopic (exact) mass is 283 g/mol. The van der Waals surface area contributed by atoms with Gasteiger partial charge in [-0.25, -0.2) is 0 Å². The molecule has 1 atom stereocenters. The zero-order chi connectivity index (χ0) is 15.1. The normalized spacial score (nSPS) is 11.9. The lowest BCUT2D eigenvalue weighted by Gasteiger charge is -2.13.